The van der Waals surface area contributed by atoms with Crippen molar-refractivity contribution in [2.45, 2.75) is 298 Å². The molecule has 0 aromatic carbocycles. The third kappa shape index (κ3) is 47.3. The van der Waals surface area contributed by atoms with Crippen LogP contribution in [0.15, 0.2) is 0 Å². The van der Waals surface area contributed by atoms with Gasteiger partial charge in [0.1, 0.15) is 13.2 Å². The summed E-state index contributed by atoms with van der Waals surface area (Å²) in [4.78, 5) is 37.9. The first-order valence-electron chi connectivity index (χ1n) is 26.2. The Hall–Kier alpha value is -1.59. The molecule has 6 nitrogen and oxygen atoms in total. The zero-order chi connectivity index (χ0) is 43.3. The maximum Gasteiger partial charge on any atom is 0.306 e. The Balaban J connectivity index is 4.25. The van der Waals surface area contributed by atoms with Gasteiger partial charge >= 0.3 is 17.9 Å². The molecule has 0 aromatic rings. The second-order valence-electron chi connectivity index (χ2n) is 19.1. The van der Waals surface area contributed by atoms with Gasteiger partial charge in [0.05, 0.1) is 0 Å². The van der Waals surface area contributed by atoms with Gasteiger partial charge in [0.25, 0.3) is 0 Å². The molecule has 0 bridgehead atoms. The van der Waals surface area contributed by atoms with Crippen LogP contribution < -0.4 is 0 Å². The minimum absolute atomic E-state index is 0.0636. The van der Waals surface area contributed by atoms with Crippen molar-refractivity contribution >= 4 is 17.9 Å². The molecule has 0 heterocycles. The maximum atomic E-state index is 12.8. The van der Waals surface area contributed by atoms with E-state index in [-0.39, 0.29) is 31.1 Å². The summed E-state index contributed by atoms with van der Waals surface area (Å²) in [6.07, 6.45) is 46.6. The lowest BCUT2D eigenvalue weighted by Gasteiger charge is -2.18. The third-order valence-corrected chi connectivity index (χ3v) is 12.0. The van der Waals surface area contributed by atoms with Crippen molar-refractivity contribution in [2.24, 2.45) is 11.8 Å². The standard InChI is InChI=1S/C53H102O6/c1-6-7-8-9-10-11-23-28-33-38-43-51(54)57-46-50(59-53(56)45-40-35-30-25-20-19-22-27-32-37-42-49(4)5)47-58-52(55)44-39-34-29-24-18-16-14-12-13-15-17-21-26-31-36-41-48(2)3/h48-50H,6-47H2,1-5H3/t50-/m0/s1. The molecule has 0 rings (SSSR count). The monoisotopic (exact) mass is 835 g/mol. The Morgan fingerprint density at radius 1 is 0.322 bits per heavy atom. The first kappa shape index (κ1) is 57.4. The zero-order valence-corrected chi connectivity index (χ0v) is 40.4. The van der Waals surface area contributed by atoms with Crippen LogP contribution in [0.4, 0.5) is 0 Å². The first-order valence-corrected chi connectivity index (χ1v) is 26.2. The number of carbonyl (C=O) groups excluding carboxylic acids is 3. The second-order valence-corrected chi connectivity index (χ2v) is 19.1. The SMILES string of the molecule is CCCCCCCCCCCCC(=O)OC[C@@H](COC(=O)CCCCCCCCCCCCCCCCCC(C)C)OC(=O)CCCCCCCCCCCCC(C)C. The molecular formula is C53H102O6. The van der Waals surface area contributed by atoms with E-state index >= 15 is 0 Å². The highest BCUT2D eigenvalue weighted by Gasteiger charge is 2.19. The molecule has 0 amide bonds. The van der Waals surface area contributed by atoms with Crippen LogP contribution in [0.2, 0.25) is 0 Å². The van der Waals surface area contributed by atoms with E-state index in [1.807, 2.05) is 0 Å². The lowest BCUT2D eigenvalue weighted by atomic mass is 10.0. The summed E-state index contributed by atoms with van der Waals surface area (Å²) < 4.78 is 16.8. The minimum Gasteiger partial charge on any atom is -0.462 e. The smallest absolute Gasteiger partial charge is 0.306 e. The van der Waals surface area contributed by atoms with Gasteiger partial charge in [-0.1, -0.05) is 253 Å². The topological polar surface area (TPSA) is 78.9 Å². The molecule has 0 saturated carbocycles. The number of carbonyl (C=O) groups is 3. The number of rotatable bonds is 47. The van der Waals surface area contributed by atoms with Gasteiger partial charge in [-0.15, -0.1) is 0 Å². The fraction of sp³-hybridized carbons (Fsp3) is 0.943. The number of hydrogen-bond acceptors (Lipinski definition) is 6. The molecule has 0 aliphatic heterocycles. The number of ether oxygens (including phenoxy) is 3. The van der Waals surface area contributed by atoms with Gasteiger partial charge in [-0.3, -0.25) is 14.4 Å². The zero-order valence-electron chi connectivity index (χ0n) is 40.4. The van der Waals surface area contributed by atoms with Crippen molar-refractivity contribution in [1.29, 1.82) is 0 Å². The van der Waals surface area contributed by atoms with E-state index in [0.29, 0.717) is 19.3 Å². The average Bonchev–Trinajstić information content (AvgIpc) is 3.20. The molecular weight excluding hydrogens is 733 g/mol. The van der Waals surface area contributed by atoms with Crippen molar-refractivity contribution in [2.75, 3.05) is 13.2 Å². The van der Waals surface area contributed by atoms with Gasteiger partial charge in [-0.2, -0.15) is 0 Å². The van der Waals surface area contributed by atoms with Gasteiger partial charge in [0.2, 0.25) is 0 Å². The summed E-state index contributed by atoms with van der Waals surface area (Å²) in [6, 6.07) is 0. The molecule has 0 aliphatic carbocycles. The van der Waals surface area contributed by atoms with E-state index in [2.05, 4.69) is 34.6 Å². The lowest BCUT2D eigenvalue weighted by Crippen LogP contribution is -2.30. The van der Waals surface area contributed by atoms with Crippen LogP contribution in [-0.4, -0.2) is 37.2 Å². The molecule has 0 spiro atoms. The summed E-state index contributed by atoms with van der Waals surface area (Å²) in [5.41, 5.74) is 0. The summed E-state index contributed by atoms with van der Waals surface area (Å²) in [6.45, 7) is 11.4. The molecule has 0 unspecified atom stereocenters. The van der Waals surface area contributed by atoms with Gasteiger partial charge in [-0.25, -0.2) is 0 Å². The van der Waals surface area contributed by atoms with E-state index in [4.69, 9.17) is 14.2 Å². The van der Waals surface area contributed by atoms with Crippen molar-refractivity contribution < 1.29 is 28.6 Å². The summed E-state index contributed by atoms with van der Waals surface area (Å²) in [5, 5.41) is 0. The van der Waals surface area contributed by atoms with Crippen LogP contribution in [0.1, 0.15) is 291 Å². The molecule has 0 fully saturated rings. The van der Waals surface area contributed by atoms with E-state index in [1.165, 1.54) is 180 Å². The van der Waals surface area contributed by atoms with Gasteiger partial charge in [0.15, 0.2) is 6.10 Å². The Bertz CT molecular complexity index is 900. The third-order valence-electron chi connectivity index (χ3n) is 12.0. The van der Waals surface area contributed by atoms with Crippen LogP contribution >= 0.6 is 0 Å². The molecule has 1 atom stereocenters. The van der Waals surface area contributed by atoms with Gasteiger partial charge in [-0.05, 0) is 31.1 Å². The van der Waals surface area contributed by atoms with Crippen molar-refractivity contribution in [3.8, 4) is 0 Å². The largest absolute Gasteiger partial charge is 0.462 e. The van der Waals surface area contributed by atoms with Gasteiger partial charge in [0, 0.05) is 19.3 Å². The van der Waals surface area contributed by atoms with Crippen LogP contribution in [0, 0.1) is 11.8 Å². The highest BCUT2D eigenvalue weighted by molar-refractivity contribution is 5.71. The predicted octanol–water partition coefficient (Wildman–Crippen LogP) is 16.9. The molecule has 59 heavy (non-hydrogen) atoms. The highest BCUT2D eigenvalue weighted by Crippen LogP contribution is 2.17. The Kier molecular flexibility index (Phi) is 44.7. The molecule has 6 heteroatoms. The summed E-state index contributed by atoms with van der Waals surface area (Å²) >= 11 is 0. The fourth-order valence-electron chi connectivity index (χ4n) is 7.99. The van der Waals surface area contributed by atoms with Crippen LogP contribution in [0.25, 0.3) is 0 Å². The van der Waals surface area contributed by atoms with E-state index in [9.17, 15) is 14.4 Å². The van der Waals surface area contributed by atoms with Crippen LogP contribution in [0.5, 0.6) is 0 Å². The Labute approximate surface area is 368 Å². The van der Waals surface area contributed by atoms with Crippen LogP contribution in [0.3, 0.4) is 0 Å². The lowest BCUT2D eigenvalue weighted by molar-refractivity contribution is -0.167. The normalized spacial score (nSPS) is 12.1. The van der Waals surface area contributed by atoms with E-state index in [0.717, 1.165) is 69.6 Å². The number of unbranched alkanes of at least 4 members (excludes halogenated alkanes) is 32. The fourth-order valence-corrected chi connectivity index (χ4v) is 7.99. The predicted molar refractivity (Wildman–Crippen MR) is 252 cm³/mol. The average molecular weight is 835 g/mol. The maximum absolute atomic E-state index is 12.8. The van der Waals surface area contributed by atoms with Crippen molar-refractivity contribution in [3.63, 3.8) is 0 Å². The molecule has 0 aliphatic rings. The molecule has 350 valence electrons. The minimum atomic E-state index is -0.761. The molecule has 0 saturated heterocycles. The molecule has 0 N–H and O–H groups in total. The highest BCUT2D eigenvalue weighted by atomic mass is 16.6. The van der Waals surface area contributed by atoms with E-state index < -0.39 is 6.10 Å². The second kappa shape index (κ2) is 45.9. The number of hydrogen-bond donors (Lipinski definition) is 0. The molecule has 0 aromatic heterocycles. The van der Waals surface area contributed by atoms with E-state index in [1.54, 1.807) is 0 Å². The quantitative estimate of drug-likeness (QED) is 0.0345. The Morgan fingerprint density at radius 2 is 0.559 bits per heavy atom. The summed E-state index contributed by atoms with van der Waals surface area (Å²) in [7, 11) is 0. The van der Waals surface area contributed by atoms with Crippen molar-refractivity contribution in [1.82, 2.24) is 0 Å². The van der Waals surface area contributed by atoms with Crippen LogP contribution in [-0.2, 0) is 28.6 Å². The van der Waals surface area contributed by atoms with Gasteiger partial charge < -0.3 is 14.2 Å². The summed E-state index contributed by atoms with van der Waals surface area (Å²) in [5.74, 6) is 0.817. The number of esters is 3. The molecule has 0 radical (unpaired) electrons. The first-order chi connectivity index (χ1) is 28.7. The van der Waals surface area contributed by atoms with Crippen molar-refractivity contribution in [3.05, 3.63) is 0 Å². The Morgan fingerprint density at radius 3 is 0.831 bits per heavy atom.